The Labute approximate surface area is 239 Å². The van der Waals surface area contributed by atoms with E-state index in [4.69, 9.17) is 14.5 Å². The molecule has 3 aromatic rings. The zero-order chi connectivity index (χ0) is 27.5. The van der Waals surface area contributed by atoms with Crippen LogP contribution in [-0.4, -0.2) is 104 Å². The average Bonchev–Trinajstić information content (AvgIpc) is 3.34. The second-order valence-corrected chi connectivity index (χ2v) is 11.9. The summed E-state index contributed by atoms with van der Waals surface area (Å²) in [5.74, 6) is 1.63. The summed E-state index contributed by atoms with van der Waals surface area (Å²) in [4.78, 5) is 12.8. The van der Waals surface area contributed by atoms with Gasteiger partial charge in [0.05, 0.1) is 24.4 Å². The third kappa shape index (κ3) is 6.00. The smallest absolute Gasteiger partial charge is 0.112 e. The van der Waals surface area contributed by atoms with E-state index in [1.807, 2.05) is 0 Å². The Kier molecular flexibility index (Phi) is 8.58. The van der Waals surface area contributed by atoms with Crippen molar-refractivity contribution in [1.29, 1.82) is 0 Å². The molecule has 8 heteroatoms. The molecule has 3 saturated heterocycles. The lowest BCUT2D eigenvalue weighted by molar-refractivity contribution is 0.0398. The lowest BCUT2D eigenvalue weighted by Crippen LogP contribution is -2.48. The Morgan fingerprint density at radius 2 is 1.57 bits per heavy atom. The van der Waals surface area contributed by atoms with Crippen molar-refractivity contribution in [3.63, 3.8) is 0 Å². The highest BCUT2D eigenvalue weighted by molar-refractivity contribution is 5.94. The van der Waals surface area contributed by atoms with Crippen LogP contribution in [0.4, 0.5) is 11.4 Å². The Bertz CT molecular complexity index is 1250. The molecule has 0 aliphatic carbocycles. The van der Waals surface area contributed by atoms with Gasteiger partial charge in [-0.05, 0) is 62.1 Å². The van der Waals surface area contributed by atoms with Gasteiger partial charge >= 0.3 is 0 Å². The molecule has 1 aromatic heterocycles. The summed E-state index contributed by atoms with van der Waals surface area (Å²) in [6, 6.07) is 14.4. The maximum atomic E-state index is 5.65. The lowest BCUT2D eigenvalue weighted by Gasteiger charge is -2.38. The van der Waals surface area contributed by atoms with E-state index in [0.29, 0.717) is 12.0 Å². The quantitative estimate of drug-likeness (QED) is 0.449. The predicted molar refractivity (Wildman–Crippen MR) is 164 cm³/mol. The molecule has 3 fully saturated rings. The number of aryl methyl sites for hydroxylation is 1. The highest BCUT2D eigenvalue weighted by atomic mass is 16.5. The number of piperazine rings is 1. The van der Waals surface area contributed by atoms with E-state index in [2.05, 4.69) is 81.9 Å². The largest absolute Gasteiger partial charge is 0.382 e. The summed E-state index contributed by atoms with van der Waals surface area (Å²) in [6.45, 7) is 16.2. The van der Waals surface area contributed by atoms with Gasteiger partial charge in [0.25, 0.3) is 0 Å². The molecule has 0 saturated carbocycles. The maximum Gasteiger partial charge on any atom is 0.112 e. The number of hydrogen-bond acceptors (Lipinski definition) is 7. The third-order valence-electron chi connectivity index (χ3n) is 9.07. The summed E-state index contributed by atoms with van der Waals surface area (Å²) in [6.07, 6.45) is 2.08. The summed E-state index contributed by atoms with van der Waals surface area (Å²) in [5, 5.41) is 3.77. The number of ether oxygens (including phenoxy) is 2. The maximum absolute atomic E-state index is 5.65. The standard InChI is InChI=1S/C32H46N6O2/c1-24(2)37-12-14-38(15-13-37)28-6-4-25(5-7-28)27-22-29(33-10-11-36-16-20-40-21-17-36)31-30(23-27)35(3)32(34-31)26-8-18-39-19-9-26/h4-7,22-24,26,33H,8-21H2,1-3H3. The van der Waals surface area contributed by atoms with Crippen molar-refractivity contribution in [3.05, 3.63) is 42.2 Å². The Balaban J connectivity index is 1.26. The first-order valence-electron chi connectivity index (χ1n) is 15.3. The van der Waals surface area contributed by atoms with Gasteiger partial charge < -0.3 is 24.3 Å². The lowest BCUT2D eigenvalue weighted by atomic mass is 9.99. The zero-order valence-corrected chi connectivity index (χ0v) is 24.6. The van der Waals surface area contributed by atoms with Crippen LogP contribution in [0.3, 0.4) is 0 Å². The normalized spacial score (nSPS) is 20.1. The highest BCUT2D eigenvalue weighted by Crippen LogP contribution is 2.35. The van der Waals surface area contributed by atoms with Gasteiger partial charge in [0.15, 0.2) is 0 Å². The van der Waals surface area contributed by atoms with Gasteiger partial charge in [-0.25, -0.2) is 4.98 Å². The van der Waals surface area contributed by atoms with Crippen molar-refractivity contribution in [3.8, 4) is 11.1 Å². The van der Waals surface area contributed by atoms with Crippen LogP contribution in [-0.2, 0) is 16.5 Å². The van der Waals surface area contributed by atoms with E-state index >= 15 is 0 Å². The fourth-order valence-corrected chi connectivity index (χ4v) is 6.46. The number of nitrogens with zero attached hydrogens (tertiary/aromatic N) is 5. The molecule has 0 amide bonds. The molecule has 4 heterocycles. The van der Waals surface area contributed by atoms with Crippen LogP contribution in [0.25, 0.3) is 22.2 Å². The Hall–Kier alpha value is -2.65. The van der Waals surface area contributed by atoms with E-state index < -0.39 is 0 Å². The van der Waals surface area contributed by atoms with Crippen molar-refractivity contribution in [2.45, 2.75) is 38.6 Å². The fraction of sp³-hybridized carbons (Fsp3) is 0.594. The molecule has 3 aliphatic rings. The minimum Gasteiger partial charge on any atom is -0.382 e. The van der Waals surface area contributed by atoms with Gasteiger partial charge in [0.2, 0.25) is 0 Å². The van der Waals surface area contributed by atoms with Crippen LogP contribution in [0, 0.1) is 0 Å². The van der Waals surface area contributed by atoms with Crippen molar-refractivity contribution in [1.82, 2.24) is 19.4 Å². The van der Waals surface area contributed by atoms with Crippen LogP contribution >= 0.6 is 0 Å². The number of nitrogens with one attached hydrogen (secondary N) is 1. The van der Waals surface area contributed by atoms with E-state index in [0.717, 1.165) is 103 Å². The molecule has 0 atom stereocenters. The number of benzene rings is 2. The monoisotopic (exact) mass is 546 g/mol. The second kappa shape index (κ2) is 12.5. The molecule has 2 aromatic carbocycles. The number of hydrogen-bond donors (Lipinski definition) is 1. The number of fused-ring (bicyclic) bond motifs is 1. The molecule has 6 rings (SSSR count). The van der Waals surface area contributed by atoms with Crippen molar-refractivity contribution in [2.24, 2.45) is 7.05 Å². The molecule has 3 aliphatic heterocycles. The SMILES string of the molecule is CC(C)N1CCN(c2ccc(-c3cc(NCCN4CCOCC4)c4nc(C5CCOCC5)n(C)c4c3)cc2)CC1. The van der Waals surface area contributed by atoms with Crippen LogP contribution in [0.2, 0.25) is 0 Å². The van der Waals surface area contributed by atoms with Crippen molar-refractivity contribution >= 4 is 22.4 Å². The van der Waals surface area contributed by atoms with Crippen molar-refractivity contribution in [2.75, 3.05) is 89.0 Å². The Morgan fingerprint density at radius 3 is 2.27 bits per heavy atom. The molecular weight excluding hydrogens is 500 g/mol. The number of anilines is 2. The summed E-state index contributed by atoms with van der Waals surface area (Å²) in [7, 11) is 2.18. The predicted octanol–water partition coefficient (Wildman–Crippen LogP) is 4.41. The van der Waals surface area contributed by atoms with Gasteiger partial charge in [-0.1, -0.05) is 12.1 Å². The topological polar surface area (TPSA) is 58.0 Å². The average molecular weight is 547 g/mol. The fourth-order valence-electron chi connectivity index (χ4n) is 6.46. The van der Waals surface area contributed by atoms with Gasteiger partial charge in [0.1, 0.15) is 11.3 Å². The molecule has 8 nitrogen and oxygen atoms in total. The van der Waals surface area contributed by atoms with Gasteiger partial charge in [-0.15, -0.1) is 0 Å². The van der Waals surface area contributed by atoms with Crippen LogP contribution < -0.4 is 10.2 Å². The van der Waals surface area contributed by atoms with Crippen LogP contribution in [0.15, 0.2) is 36.4 Å². The Morgan fingerprint density at radius 1 is 0.875 bits per heavy atom. The molecule has 0 bridgehead atoms. The van der Waals surface area contributed by atoms with Gasteiger partial charge in [-0.2, -0.15) is 0 Å². The van der Waals surface area contributed by atoms with Crippen LogP contribution in [0.5, 0.6) is 0 Å². The number of rotatable bonds is 8. The number of imidazole rings is 1. The molecule has 0 unspecified atom stereocenters. The summed E-state index contributed by atoms with van der Waals surface area (Å²) in [5.41, 5.74) is 7.20. The molecular formula is C32H46N6O2. The minimum absolute atomic E-state index is 0.450. The first-order chi connectivity index (χ1) is 19.6. The van der Waals surface area contributed by atoms with Gasteiger partial charge in [0, 0.05) is 90.3 Å². The summed E-state index contributed by atoms with van der Waals surface area (Å²) >= 11 is 0. The third-order valence-corrected chi connectivity index (χ3v) is 9.07. The van der Waals surface area contributed by atoms with E-state index in [9.17, 15) is 0 Å². The first-order valence-corrected chi connectivity index (χ1v) is 15.3. The highest BCUT2D eigenvalue weighted by Gasteiger charge is 2.24. The summed E-state index contributed by atoms with van der Waals surface area (Å²) < 4.78 is 13.5. The van der Waals surface area contributed by atoms with E-state index in [1.165, 1.54) is 28.2 Å². The van der Waals surface area contributed by atoms with E-state index in [-0.39, 0.29) is 0 Å². The van der Waals surface area contributed by atoms with Crippen LogP contribution in [0.1, 0.15) is 38.4 Å². The number of morpholine rings is 1. The minimum atomic E-state index is 0.450. The number of aromatic nitrogens is 2. The van der Waals surface area contributed by atoms with Crippen molar-refractivity contribution < 1.29 is 9.47 Å². The molecule has 40 heavy (non-hydrogen) atoms. The molecule has 216 valence electrons. The molecule has 0 spiro atoms. The van der Waals surface area contributed by atoms with Gasteiger partial charge in [-0.3, -0.25) is 9.80 Å². The second-order valence-electron chi connectivity index (χ2n) is 11.9. The molecule has 1 N–H and O–H groups in total. The zero-order valence-electron chi connectivity index (χ0n) is 24.6. The van der Waals surface area contributed by atoms with E-state index in [1.54, 1.807) is 0 Å². The first kappa shape index (κ1) is 27.5. The molecule has 0 radical (unpaired) electrons.